The molecule has 2 aromatic heterocycles. The maximum atomic E-state index is 12.1. The summed E-state index contributed by atoms with van der Waals surface area (Å²) >= 11 is 0. The van der Waals surface area contributed by atoms with Gasteiger partial charge in [0, 0.05) is 12.7 Å². The average molecular weight is 309 g/mol. The quantitative estimate of drug-likeness (QED) is 0.734. The number of hydrogen-bond acceptors (Lipinski definition) is 4. The third-order valence-corrected chi connectivity index (χ3v) is 3.42. The van der Waals surface area contributed by atoms with E-state index in [2.05, 4.69) is 20.4 Å². The number of nitrogens with zero attached hydrogens (tertiary/aromatic N) is 3. The highest BCUT2D eigenvalue weighted by Gasteiger charge is 2.10. The Morgan fingerprint density at radius 2 is 2.00 bits per heavy atom. The fourth-order valence-corrected chi connectivity index (χ4v) is 2.24. The lowest BCUT2D eigenvalue weighted by Crippen LogP contribution is -2.29. The Morgan fingerprint density at radius 1 is 1.17 bits per heavy atom. The highest BCUT2D eigenvalue weighted by Crippen LogP contribution is 2.10. The van der Waals surface area contributed by atoms with Crippen LogP contribution in [0.5, 0.6) is 0 Å². The monoisotopic (exact) mass is 309 g/mol. The van der Waals surface area contributed by atoms with Crippen LogP contribution in [0.2, 0.25) is 0 Å². The zero-order valence-corrected chi connectivity index (χ0v) is 12.3. The number of H-pyrrole nitrogens is 1. The number of amides is 1. The van der Waals surface area contributed by atoms with E-state index in [4.69, 9.17) is 0 Å². The van der Waals surface area contributed by atoms with Crippen LogP contribution in [0.1, 0.15) is 21.5 Å². The molecule has 1 amide bonds. The van der Waals surface area contributed by atoms with E-state index in [-0.39, 0.29) is 5.56 Å². The Labute approximate surface area is 132 Å². The summed E-state index contributed by atoms with van der Waals surface area (Å²) in [6.07, 6.45) is 4.61. The van der Waals surface area contributed by atoms with Crippen molar-refractivity contribution in [2.45, 2.75) is 13.1 Å². The molecule has 0 fully saturated rings. The van der Waals surface area contributed by atoms with Crippen molar-refractivity contribution in [3.8, 4) is 0 Å². The zero-order valence-electron chi connectivity index (χ0n) is 12.3. The van der Waals surface area contributed by atoms with Crippen molar-refractivity contribution in [1.29, 1.82) is 0 Å². The Balaban J connectivity index is 1.72. The van der Waals surface area contributed by atoms with Gasteiger partial charge >= 0.3 is 0 Å². The van der Waals surface area contributed by atoms with Gasteiger partial charge in [0.05, 0.1) is 6.54 Å². The lowest BCUT2D eigenvalue weighted by Gasteiger charge is -2.10. The molecular formula is C16H15N5O2. The second-order valence-corrected chi connectivity index (χ2v) is 4.96. The van der Waals surface area contributed by atoms with Gasteiger partial charge in [-0.3, -0.25) is 9.59 Å². The first-order valence-electron chi connectivity index (χ1n) is 7.09. The minimum atomic E-state index is -0.402. The largest absolute Gasteiger partial charge is 0.348 e. The van der Waals surface area contributed by atoms with E-state index in [1.54, 1.807) is 17.1 Å². The van der Waals surface area contributed by atoms with E-state index < -0.39 is 11.5 Å². The van der Waals surface area contributed by atoms with Gasteiger partial charge in [0.1, 0.15) is 18.2 Å². The molecule has 0 bridgehead atoms. The SMILES string of the molecule is O=C(NCc1ccccc1Cn1cncn1)c1ccc[nH]c1=O. The Morgan fingerprint density at radius 3 is 2.74 bits per heavy atom. The molecule has 0 atom stereocenters. The summed E-state index contributed by atoms with van der Waals surface area (Å²) in [6.45, 7) is 0.899. The van der Waals surface area contributed by atoms with E-state index in [0.29, 0.717) is 13.1 Å². The minimum Gasteiger partial charge on any atom is -0.348 e. The molecule has 0 unspecified atom stereocenters. The maximum Gasteiger partial charge on any atom is 0.260 e. The average Bonchev–Trinajstić information content (AvgIpc) is 3.07. The summed E-state index contributed by atoms with van der Waals surface area (Å²) in [5.74, 6) is -0.401. The highest BCUT2D eigenvalue weighted by atomic mass is 16.2. The van der Waals surface area contributed by atoms with Crippen LogP contribution < -0.4 is 10.9 Å². The van der Waals surface area contributed by atoms with Crippen molar-refractivity contribution in [3.05, 3.63) is 82.3 Å². The minimum absolute atomic E-state index is 0.0984. The van der Waals surface area contributed by atoms with Gasteiger partial charge in [0.2, 0.25) is 0 Å². The van der Waals surface area contributed by atoms with Crippen LogP contribution >= 0.6 is 0 Å². The second kappa shape index (κ2) is 6.69. The predicted molar refractivity (Wildman–Crippen MR) is 83.8 cm³/mol. The van der Waals surface area contributed by atoms with Crippen molar-refractivity contribution in [2.24, 2.45) is 0 Å². The number of rotatable bonds is 5. The smallest absolute Gasteiger partial charge is 0.260 e. The van der Waals surface area contributed by atoms with Crippen LogP contribution in [0, 0.1) is 0 Å². The van der Waals surface area contributed by atoms with Gasteiger partial charge < -0.3 is 10.3 Å². The van der Waals surface area contributed by atoms with Gasteiger partial charge in [-0.15, -0.1) is 0 Å². The molecule has 2 heterocycles. The van der Waals surface area contributed by atoms with Crippen molar-refractivity contribution in [3.63, 3.8) is 0 Å². The molecule has 7 nitrogen and oxygen atoms in total. The van der Waals surface area contributed by atoms with Crippen LogP contribution in [-0.4, -0.2) is 25.7 Å². The Bertz CT molecular complexity index is 855. The van der Waals surface area contributed by atoms with Crippen LogP contribution in [0.15, 0.2) is 60.0 Å². The Kier molecular flexibility index (Phi) is 4.28. The number of benzene rings is 1. The molecule has 23 heavy (non-hydrogen) atoms. The van der Waals surface area contributed by atoms with Crippen LogP contribution in [0.4, 0.5) is 0 Å². The topological polar surface area (TPSA) is 92.7 Å². The molecule has 1 aromatic carbocycles. The number of aromatic nitrogens is 4. The fourth-order valence-electron chi connectivity index (χ4n) is 2.24. The number of aromatic amines is 1. The van der Waals surface area contributed by atoms with Gasteiger partial charge in [0.25, 0.3) is 11.5 Å². The third-order valence-electron chi connectivity index (χ3n) is 3.42. The first-order valence-corrected chi connectivity index (χ1v) is 7.09. The summed E-state index contributed by atoms with van der Waals surface area (Å²) in [6, 6.07) is 10.9. The molecule has 3 aromatic rings. The molecule has 2 N–H and O–H groups in total. The van der Waals surface area contributed by atoms with Crippen LogP contribution in [-0.2, 0) is 13.1 Å². The number of hydrogen-bond donors (Lipinski definition) is 2. The van der Waals surface area contributed by atoms with Gasteiger partial charge in [-0.2, -0.15) is 5.10 Å². The predicted octanol–water partition coefficient (Wildman–Crippen LogP) is 0.945. The first-order chi connectivity index (χ1) is 11.2. The summed E-state index contributed by atoms with van der Waals surface area (Å²) in [5.41, 5.74) is 1.69. The van der Waals surface area contributed by atoms with E-state index in [9.17, 15) is 9.59 Å². The number of carbonyl (C=O) groups is 1. The molecule has 3 rings (SSSR count). The normalized spacial score (nSPS) is 10.4. The zero-order chi connectivity index (χ0) is 16.1. The van der Waals surface area contributed by atoms with E-state index in [0.717, 1.165) is 11.1 Å². The molecule has 0 spiro atoms. The second-order valence-electron chi connectivity index (χ2n) is 4.96. The standard InChI is InChI=1S/C16H15N5O2/c22-15-14(6-3-7-18-15)16(23)19-8-12-4-1-2-5-13(12)9-21-11-17-10-20-21/h1-7,10-11H,8-9H2,(H,18,22)(H,19,23). The summed E-state index contributed by atoms with van der Waals surface area (Å²) in [7, 11) is 0. The van der Waals surface area contributed by atoms with Crippen LogP contribution in [0.3, 0.4) is 0 Å². The molecule has 0 saturated carbocycles. The van der Waals surface area contributed by atoms with Crippen molar-refractivity contribution < 1.29 is 4.79 Å². The van der Waals surface area contributed by atoms with Gasteiger partial charge in [-0.1, -0.05) is 24.3 Å². The van der Waals surface area contributed by atoms with Crippen molar-refractivity contribution in [1.82, 2.24) is 25.1 Å². The number of carbonyl (C=O) groups excluding carboxylic acids is 1. The Hall–Kier alpha value is -3.22. The summed E-state index contributed by atoms with van der Waals surface area (Å²) < 4.78 is 1.71. The van der Waals surface area contributed by atoms with Gasteiger partial charge in [0.15, 0.2) is 0 Å². The van der Waals surface area contributed by atoms with E-state index in [1.165, 1.54) is 18.6 Å². The molecule has 116 valence electrons. The van der Waals surface area contributed by atoms with Gasteiger partial charge in [-0.05, 0) is 23.3 Å². The van der Waals surface area contributed by atoms with Crippen molar-refractivity contribution in [2.75, 3.05) is 0 Å². The molecule has 0 aliphatic carbocycles. The summed E-state index contributed by atoms with van der Waals surface area (Å²) in [5, 5.41) is 6.85. The summed E-state index contributed by atoms with van der Waals surface area (Å²) in [4.78, 5) is 30.1. The maximum absolute atomic E-state index is 12.1. The third kappa shape index (κ3) is 3.52. The number of nitrogens with one attached hydrogen (secondary N) is 2. The molecule has 7 heteroatoms. The van der Waals surface area contributed by atoms with E-state index >= 15 is 0 Å². The van der Waals surface area contributed by atoms with Crippen LogP contribution in [0.25, 0.3) is 0 Å². The molecular weight excluding hydrogens is 294 g/mol. The lowest BCUT2D eigenvalue weighted by molar-refractivity contribution is 0.0949. The molecule has 0 aliphatic heterocycles. The number of pyridine rings is 1. The van der Waals surface area contributed by atoms with E-state index in [1.807, 2.05) is 24.3 Å². The first kappa shape index (κ1) is 14.7. The molecule has 0 aliphatic rings. The van der Waals surface area contributed by atoms with Crippen molar-refractivity contribution >= 4 is 5.91 Å². The van der Waals surface area contributed by atoms with Gasteiger partial charge in [-0.25, -0.2) is 9.67 Å². The highest BCUT2D eigenvalue weighted by molar-refractivity contribution is 5.93. The molecule has 0 saturated heterocycles. The lowest BCUT2D eigenvalue weighted by atomic mass is 10.1. The fraction of sp³-hybridized carbons (Fsp3) is 0.125. The molecule has 0 radical (unpaired) electrons.